The van der Waals surface area contributed by atoms with Crippen LogP contribution in [0.2, 0.25) is 0 Å². The van der Waals surface area contributed by atoms with Crippen LogP contribution in [0.25, 0.3) is 21.8 Å². The van der Waals surface area contributed by atoms with Crippen LogP contribution in [-0.2, 0) is 6.61 Å². The number of nitrogens with one attached hydrogen (secondary N) is 1. The maximum atomic E-state index is 9.20. The molecule has 0 amide bonds. The van der Waals surface area contributed by atoms with Crippen molar-refractivity contribution < 1.29 is 5.11 Å². The molecule has 0 bridgehead atoms. The molecule has 0 saturated carbocycles. The van der Waals surface area contributed by atoms with Crippen molar-refractivity contribution in [3.05, 3.63) is 77.9 Å². The first-order chi connectivity index (χ1) is 11.7. The fourth-order valence-electron chi connectivity index (χ4n) is 2.98. The van der Waals surface area contributed by atoms with Gasteiger partial charge in [0.1, 0.15) is 0 Å². The van der Waals surface area contributed by atoms with Crippen molar-refractivity contribution in [3.63, 3.8) is 0 Å². The molecule has 0 radical (unpaired) electrons. The summed E-state index contributed by atoms with van der Waals surface area (Å²) < 4.78 is 0. The Kier molecular flexibility index (Phi) is 3.63. The molecule has 0 unspecified atom stereocenters. The number of hydrogen-bond donors (Lipinski definition) is 2. The van der Waals surface area contributed by atoms with Crippen molar-refractivity contribution in [2.75, 3.05) is 5.32 Å². The van der Waals surface area contributed by atoms with E-state index in [4.69, 9.17) is 4.98 Å². The average Bonchev–Trinajstić information content (AvgIpc) is 2.62. The normalized spacial score (nSPS) is 11.1. The van der Waals surface area contributed by atoms with E-state index >= 15 is 0 Å². The van der Waals surface area contributed by atoms with E-state index in [-0.39, 0.29) is 6.61 Å². The lowest BCUT2D eigenvalue weighted by atomic mass is 10.1. The van der Waals surface area contributed by atoms with E-state index < -0.39 is 0 Å². The third-order valence-corrected chi connectivity index (χ3v) is 4.24. The van der Waals surface area contributed by atoms with Gasteiger partial charge in [-0.2, -0.15) is 0 Å². The number of hydrogen-bond acceptors (Lipinski definition) is 3. The minimum absolute atomic E-state index is 0.0561. The standard InChI is InChI=1S/C21H18N2O/c1-14-6-11-20-18(12-14)21(17-4-2-3-5-19(17)23-20)22-16-9-7-15(13-24)8-10-16/h2-12,24H,13H2,1H3,(H,22,23). The molecule has 0 fully saturated rings. The lowest BCUT2D eigenvalue weighted by molar-refractivity contribution is 0.282. The Morgan fingerprint density at radius 3 is 2.42 bits per heavy atom. The van der Waals surface area contributed by atoms with Crippen LogP contribution < -0.4 is 5.32 Å². The zero-order chi connectivity index (χ0) is 16.5. The van der Waals surface area contributed by atoms with E-state index in [9.17, 15) is 5.11 Å². The molecule has 1 heterocycles. The van der Waals surface area contributed by atoms with E-state index in [0.29, 0.717) is 0 Å². The minimum atomic E-state index is 0.0561. The largest absolute Gasteiger partial charge is 0.392 e. The highest BCUT2D eigenvalue weighted by Crippen LogP contribution is 2.33. The second-order valence-electron chi connectivity index (χ2n) is 6.00. The summed E-state index contributed by atoms with van der Waals surface area (Å²) in [6, 6.07) is 22.3. The van der Waals surface area contributed by atoms with Gasteiger partial charge in [0.25, 0.3) is 0 Å². The van der Waals surface area contributed by atoms with Gasteiger partial charge in [-0.3, -0.25) is 0 Å². The predicted octanol–water partition coefficient (Wildman–Crippen LogP) is 4.93. The van der Waals surface area contributed by atoms with E-state index in [2.05, 4.69) is 36.5 Å². The maximum Gasteiger partial charge on any atom is 0.0730 e. The zero-order valence-corrected chi connectivity index (χ0v) is 13.5. The molecule has 24 heavy (non-hydrogen) atoms. The van der Waals surface area contributed by atoms with E-state index in [1.54, 1.807) is 0 Å². The van der Waals surface area contributed by atoms with Gasteiger partial charge in [-0.15, -0.1) is 0 Å². The summed E-state index contributed by atoms with van der Waals surface area (Å²) in [5.41, 5.74) is 6.12. The Hall–Kier alpha value is -2.91. The predicted molar refractivity (Wildman–Crippen MR) is 99.6 cm³/mol. The number of para-hydroxylation sites is 1. The molecule has 3 nitrogen and oxygen atoms in total. The summed E-state index contributed by atoms with van der Waals surface area (Å²) in [5, 5.41) is 15.0. The zero-order valence-electron chi connectivity index (χ0n) is 13.5. The van der Waals surface area contributed by atoms with Crippen LogP contribution in [0.5, 0.6) is 0 Å². The maximum absolute atomic E-state index is 9.20. The highest BCUT2D eigenvalue weighted by Gasteiger charge is 2.09. The van der Waals surface area contributed by atoms with E-state index in [1.165, 1.54) is 5.56 Å². The smallest absolute Gasteiger partial charge is 0.0730 e. The molecular formula is C21H18N2O. The van der Waals surface area contributed by atoms with Gasteiger partial charge in [-0.25, -0.2) is 4.98 Å². The van der Waals surface area contributed by atoms with Crippen molar-refractivity contribution in [2.24, 2.45) is 0 Å². The highest BCUT2D eigenvalue weighted by atomic mass is 16.3. The molecule has 0 saturated heterocycles. The van der Waals surface area contributed by atoms with Crippen LogP contribution in [0.3, 0.4) is 0 Å². The average molecular weight is 314 g/mol. The van der Waals surface area contributed by atoms with Gasteiger partial charge in [-0.05, 0) is 42.8 Å². The van der Waals surface area contributed by atoms with Crippen LogP contribution in [-0.4, -0.2) is 10.1 Å². The van der Waals surface area contributed by atoms with Crippen LogP contribution in [0.4, 0.5) is 11.4 Å². The molecule has 3 aromatic carbocycles. The van der Waals surface area contributed by atoms with Gasteiger partial charge in [-0.1, -0.05) is 42.0 Å². The molecule has 0 spiro atoms. The van der Waals surface area contributed by atoms with Crippen LogP contribution in [0.15, 0.2) is 66.7 Å². The van der Waals surface area contributed by atoms with E-state index in [1.807, 2.05) is 42.5 Å². The fraction of sp³-hybridized carbons (Fsp3) is 0.0952. The number of aromatic nitrogens is 1. The van der Waals surface area contributed by atoms with Gasteiger partial charge >= 0.3 is 0 Å². The Bertz CT molecular complexity index is 1020. The third-order valence-electron chi connectivity index (χ3n) is 4.24. The van der Waals surface area contributed by atoms with Gasteiger partial charge in [0, 0.05) is 16.5 Å². The Morgan fingerprint density at radius 2 is 1.62 bits per heavy atom. The van der Waals surface area contributed by atoms with Crippen LogP contribution >= 0.6 is 0 Å². The molecule has 4 aromatic rings. The topological polar surface area (TPSA) is 45.2 Å². The van der Waals surface area contributed by atoms with Gasteiger partial charge < -0.3 is 10.4 Å². The number of pyridine rings is 1. The van der Waals surface area contributed by atoms with E-state index in [0.717, 1.165) is 38.7 Å². The monoisotopic (exact) mass is 314 g/mol. The third kappa shape index (κ3) is 2.59. The summed E-state index contributed by atoms with van der Waals surface area (Å²) in [5.74, 6) is 0. The molecule has 118 valence electrons. The minimum Gasteiger partial charge on any atom is -0.392 e. The van der Waals surface area contributed by atoms with Crippen LogP contribution in [0, 0.1) is 6.92 Å². The van der Waals surface area contributed by atoms with Gasteiger partial charge in [0.15, 0.2) is 0 Å². The number of benzene rings is 3. The Morgan fingerprint density at radius 1 is 0.875 bits per heavy atom. The Balaban J connectivity index is 1.93. The summed E-state index contributed by atoms with van der Waals surface area (Å²) in [6.45, 7) is 2.15. The van der Waals surface area contributed by atoms with Crippen molar-refractivity contribution >= 4 is 33.2 Å². The summed E-state index contributed by atoms with van der Waals surface area (Å²) in [6.07, 6.45) is 0. The number of aliphatic hydroxyl groups excluding tert-OH is 1. The van der Waals surface area contributed by atoms with Gasteiger partial charge in [0.2, 0.25) is 0 Å². The lowest BCUT2D eigenvalue weighted by Crippen LogP contribution is -1.96. The van der Waals surface area contributed by atoms with Gasteiger partial charge in [0.05, 0.1) is 23.3 Å². The number of anilines is 2. The Labute approximate surface area is 140 Å². The first-order valence-corrected chi connectivity index (χ1v) is 8.00. The number of nitrogens with zero attached hydrogens (tertiary/aromatic N) is 1. The quantitative estimate of drug-likeness (QED) is 0.527. The molecular weight excluding hydrogens is 296 g/mol. The SMILES string of the molecule is Cc1ccc2nc3ccccc3c(Nc3ccc(CO)cc3)c2c1. The first-order valence-electron chi connectivity index (χ1n) is 8.00. The summed E-state index contributed by atoms with van der Waals surface area (Å²) >= 11 is 0. The second kappa shape index (κ2) is 5.95. The molecule has 0 aliphatic rings. The number of aliphatic hydroxyl groups is 1. The number of fused-ring (bicyclic) bond motifs is 2. The lowest BCUT2D eigenvalue weighted by Gasteiger charge is -2.14. The molecule has 1 aromatic heterocycles. The molecule has 0 aliphatic carbocycles. The number of rotatable bonds is 3. The summed E-state index contributed by atoms with van der Waals surface area (Å²) in [7, 11) is 0. The van der Waals surface area contributed by atoms with Crippen LogP contribution in [0.1, 0.15) is 11.1 Å². The van der Waals surface area contributed by atoms with Crippen molar-refractivity contribution in [1.29, 1.82) is 0 Å². The molecule has 0 aliphatic heterocycles. The molecule has 4 rings (SSSR count). The van der Waals surface area contributed by atoms with Crippen molar-refractivity contribution in [2.45, 2.75) is 13.5 Å². The molecule has 0 atom stereocenters. The number of aryl methyl sites for hydroxylation is 1. The molecule has 3 heteroatoms. The first kappa shape index (κ1) is 14.7. The van der Waals surface area contributed by atoms with Crippen molar-refractivity contribution in [3.8, 4) is 0 Å². The molecule has 2 N–H and O–H groups in total. The highest BCUT2D eigenvalue weighted by molar-refractivity contribution is 6.08. The summed E-state index contributed by atoms with van der Waals surface area (Å²) in [4.78, 5) is 4.78. The van der Waals surface area contributed by atoms with Crippen molar-refractivity contribution in [1.82, 2.24) is 4.98 Å². The fourth-order valence-corrected chi connectivity index (χ4v) is 2.98. The second-order valence-corrected chi connectivity index (χ2v) is 6.00.